The van der Waals surface area contributed by atoms with Gasteiger partial charge in [0.2, 0.25) is 0 Å². The number of hydrogen-bond acceptors (Lipinski definition) is 3. The molecule has 1 N–H and O–H groups in total. The SMILES string of the molecule is CCCCCNc1cc(C(C)C)c(C#N)c2nc3ccccc3n12. The molecule has 0 fully saturated rings. The van der Waals surface area contributed by atoms with Crippen LogP contribution in [0.25, 0.3) is 16.7 Å². The van der Waals surface area contributed by atoms with Crippen LogP contribution in [-0.2, 0) is 0 Å². The molecular formula is C20H24N4. The fourth-order valence-electron chi connectivity index (χ4n) is 3.14. The van der Waals surface area contributed by atoms with Gasteiger partial charge in [0.15, 0.2) is 5.65 Å². The number of unbranched alkanes of at least 4 members (excludes halogenated alkanes) is 2. The maximum absolute atomic E-state index is 9.70. The second-order valence-electron chi connectivity index (χ2n) is 6.52. The molecule has 124 valence electrons. The van der Waals surface area contributed by atoms with Gasteiger partial charge < -0.3 is 5.32 Å². The van der Waals surface area contributed by atoms with E-state index in [1.165, 1.54) is 12.8 Å². The minimum Gasteiger partial charge on any atom is -0.371 e. The minimum absolute atomic E-state index is 0.278. The molecule has 24 heavy (non-hydrogen) atoms. The lowest BCUT2D eigenvalue weighted by atomic mass is 9.99. The number of para-hydroxylation sites is 2. The number of anilines is 1. The Bertz CT molecular complexity index is 899. The molecule has 0 spiro atoms. The number of aromatic nitrogens is 2. The highest BCUT2D eigenvalue weighted by Crippen LogP contribution is 2.30. The van der Waals surface area contributed by atoms with Gasteiger partial charge in [0.25, 0.3) is 0 Å². The van der Waals surface area contributed by atoms with E-state index in [0.29, 0.717) is 5.56 Å². The Labute approximate surface area is 143 Å². The summed E-state index contributed by atoms with van der Waals surface area (Å²) in [5.74, 6) is 1.30. The smallest absolute Gasteiger partial charge is 0.157 e. The van der Waals surface area contributed by atoms with Crippen LogP contribution in [0.1, 0.15) is 57.1 Å². The molecule has 2 aromatic heterocycles. The van der Waals surface area contributed by atoms with Gasteiger partial charge in [-0.1, -0.05) is 45.7 Å². The maximum Gasteiger partial charge on any atom is 0.157 e. The molecule has 0 unspecified atom stereocenters. The number of pyridine rings is 1. The van der Waals surface area contributed by atoms with Gasteiger partial charge in [-0.15, -0.1) is 0 Å². The monoisotopic (exact) mass is 320 g/mol. The number of imidazole rings is 1. The van der Waals surface area contributed by atoms with Gasteiger partial charge in [-0.2, -0.15) is 5.26 Å². The number of hydrogen-bond donors (Lipinski definition) is 1. The Hall–Kier alpha value is -2.54. The number of benzene rings is 1. The van der Waals surface area contributed by atoms with Crippen molar-refractivity contribution in [2.45, 2.75) is 46.0 Å². The first-order chi connectivity index (χ1) is 11.7. The Morgan fingerprint density at radius 1 is 1.25 bits per heavy atom. The zero-order chi connectivity index (χ0) is 17.1. The predicted molar refractivity (Wildman–Crippen MR) is 99.5 cm³/mol. The zero-order valence-corrected chi connectivity index (χ0v) is 14.6. The van der Waals surface area contributed by atoms with Crippen LogP contribution in [0.3, 0.4) is 0 Å². The Balaban J connectivity index is 2.22. The Morgan fingerprint density at radius 3 is 2.75 bits per heavy atom. The molecule has 4 nitrogen and oxygen atoms in total. The van der Waals surface area contributed by atoms with Crippen molar-refractivity contribution in [3.63, 3.8) is 0 Å². The Kier molecular flexibility index (Phi) is 4.71. The summed E-state index contributed by atoms with van der Waals surface area (Å²) in [6.45, 7) is 7.38. The number of fused-ring (bicyclic) bond motifs is 3. The van der Waals surface area contributed by atoms with E-state index in [-0.39, 0.29) is 5.92 Å². The largest absolute Gasteiger partial charge is 0.371 e. The standard InChI is InChI=1S/C20H24N4/c1-4-5-8-11-22-19-12-15(14(2)3)16(13-21)20-23-17-9-6-7-10-18(17)24(19)20/h6-7,9-10,12,14,22H,4-5,8,11H2,1-3H3. The summed E-state index contributed by atoms with van der Waals surface area (Å²) < 4.78 is 2.09. The molecular weight excluding hydrogens is 296 g/mol. The van der Waals surface area contributed by atoms with E-state index in [4.69, 9.17) is 4.98 Å². The highest BCUT2D eigenvalue weighted by Gasteiger charge is 2.18. The summed E-state index contributed by atoms with van der Waals surface area (Å²) in [6.07, 6.45) is 3.56. The Morgan fingerprint density at radius 2 is 2.04 bits per heavy atom. The highest BCUT2D eigenvalue weighted by atomic mass is 15.1. The molecule has 0 saturated heterocycles. The molecule has 2 heterocycles. The maximum atomic E-state index is 9.70. The summed E-state index contributed by atoms with van der Waals surface area (Å²) in [6, 6.07) is 12.6. The van der Waals surface area contributed by atoms with Crippen molar-refractivity contribution in [3.05, 3.63) is 41.5 Å². The van der Waals surface area contributed by atoms with Crippen molar-refractivity contribution in [2.75, 3.05) is 11.9 Å². The van der Waals surface area contributed by atoms with Crippen LogP contribution in [0.4, 0.5) is 5.82 Å². The van der Waals surface area contributed by atoms with Crippen molar-refractivity contribution in [1.82, 2.24) is 9.38 Å². The molecule has 0 aliphatic carbocycles. The lowest BCUT2D eigenvalue weighted by Crippen LogP contribution is -2.09. The zero-order valence-electron chi connectivity index (χ0n) is 14.6. The molecule has 0 atom stereocenters. The van der Waals surface area contributed by atoms with E-state index >= 15 is 0 Å². The van der Waals surface area contributed by atoms with Gasteiger partial charge in [0.1, 0.15) is 11.9 Å². The van der Waals surface area contributed by atoms with E-state index < -0.39 is 0 Å². The molecule has 1 aromatic carbocycles. The van der Waals surface area contributed by atoms with Crippen LogP contribution in [0.2, 0.25) is 0 Å². The third-order valence-electron chi connectivity index (χ3n) is 4.43. The van der Waals surface area contributed by atoms with Crippen LogP contribution < -0.4 is 5.32 Å². The van der Waals surface area contributed by atoms with Crippen LogP contribution >= 0.6 is 0 Å². The summed E-state index contributed by atoms with van der Waals surface area (Å²) >= 11 is 0. The van der Waals surface area contributed by atoms with Gasteiger partial charge in [-0.25, -0.2) is 4.98 Å². The van der Waals surface area contributed by atoms with Crippen LogP contribution in [0.5, 0.6) is 0 Å². The predicted octanol–water partition coefficient (Wildman–Crippen LogP) is 5.08. The highest BCUT2D eigenvalue weighted by molar-refractivity contribution is 5.85. The second-order valence-corrected chi connectivity index (χ2v) is 6.52. The van der Waals surface area contributed by atoms with Crippen molar-refractivity contribution in [3.8, 4) is 6.07 Å². The lowest BCUT2D eigenvalue weighted by molar-refractivity contribution is 0.741. The second kappa shape index (κ2) is 6.92. The topological polar surface area (TPSA) is 53.1 Å². The van der Waals surface area contributed by atoms with Crippen molar-refractivity contribution in [1.29, 1.82) is 5.26 Å². The first-order valence-electron chi connectivity index (χ1n) is 8.75. The fourth-order valence-corrected chi connectivity index (χ4v) is 3.14. The quantitative estimate of drug-likeness (QED) is 0.644. The van der Waals surface area contributed by atoms with Gasteiger partial charge in [-0.3, -0.25) is 4.40 Å². The molecule has 3 rings (SSSR count). The third kappa shape index (κ3) is 2.82. The van der Waals surface area contributed by atoms with E-state index in [9.17, 15) is 5.26 Å². The first-order valence-corrected chi connectivity index (χ1v) is 8.75. The molecule has 0 amide bonds. The van der Waals surface area contributed by atoms with Crippen molar-refractivity contribution < 1.29 is 0 Å². The van der Waals surface area contributed by atoms with Crippen molar-refractivity contribution >= 4 is 22.5 Å². The van der Waals surface area contributed by atoms with Crippen LogP contribution in [-0.4, -0.2) is 15.9 Å². The van der Waals surface area contributed by atoms with E-state index in [1.54, 1.807) is 0 Å². The average Bonchev–Trinajstić information content (AvgIpc) is 2.97. The molecule has 0 aliphatic heterocycles. The average molecular weight is 320 g/mol. The molecule has 0 bridgehead atoms. The van der Waals surface area contributed by atoms with Crippen LogP contribution in [0, 0.1) is 11.3 Å². The summed E-state index contributed by atoms with van der Waals surface area (Å²) in [5, 5.41) is 13.3. The van der Waals surface area contributed by atoms with E-state index in [0.717, 1.165) is 41.0 Å². The van der Waals surface area contributed by atoms with Gasteiger partial charge in [0.05, 0.1) is 16.6 Å². The first kappa shape index (κ1) is 16.3. The molecule has 4 heteroatoms. The van der Waals surface area contributed by atoms with Crippen LogP contribution in [0.15, 0.2) is 30.3 Å². The van der Waals surface area contributed by atoms with Crippen molar-refractivity contribution in [2.24, 2.45) is 0 Å². The van der Waals surface area contributed by atoms with E-state index in [2.05, 4.69) is 48.7 Å². The van der Waals surface area contributed by atoms with E-state index in [1.807, 2.05) is 18.2 Å². The fraction of sp³-hybridized carbons (Fsp3) is 0.400. The molecule has 3 aromatic rings. The molecule has 0 saturated carbocycles. The van der Waals surface area contributed by atoms with Gasteiger partial charge >= 0.3 is 0 Å². The number of nitrogens with one attached hydrogen (secondary N) is 1. The number of nitriles is 1. The number of rotatable bonds is 6. The summed E-state index contributed by atoms with van der Waals surface area (Å²) in [5.41, 5.74) is 4.45. The molecule has 0 aliphatic rings. The summed E-state index contributed by atoms with van der Waals surface area (Å²) in [4.78, 5) is 4.73. The normalized spacial score (nSPS) is 11.3. The van der Waals surface area contributed by atoms with Gasteiger partial charge in [-0.05, 0) is 36.1 Å². The number of nitrogens with zero attached hydrogens (tertiary/aromatic N) is 3. The molecule has 0 radical (unpaired) electrons. The third-order valence-corrected chi connectivity index (χ3v) is 4.43. The minimum atomic E-state index is 0.278. The summed E-state index contributed by atoms with van der Waals surface area (Å²) in [7, 11) is 0. The van der Waals surface area contributed by atoms with Gasteiger partial charge in [0, 0.05) is 6.54 Å². The lowest BCUT2D eigenvalue weighted by Gasteiger charge is -2.15.